The second kappa shape index (κ2) is 8.99. The average molecular weight is 419 g/mol. The van der Waals surface area contributed by atoms with E-state index in [1.54, 1.807) is 29.2 Å². The SMILES string of the molecule is CS(=O)(=O)N1CCN(C(=O)CCC(=O)/C=C/c2ccc(Cl)c(Cl)c2)CC1. The number of benzene rings is 1. The summed E-state index contributed by atoms with van der Waals surface area (Å²) >= 11 is 11.7. The number of ketones is 1. The number of allylic oxidation sites excluding steroid dienone is 1. The van der Waals surface area contributed by atoms with Gasteiger partial charge in [0, 0.05) is 39.0 Å². The van der Waals surface area contributed by atoms with Gasteiger partial charge in [-0.2, -0.15) is 4.31 Å². The predicted molar refractivity (Wildman–Crippen MR) is 103 cm³/mol. The highest BCUT2D eigenvalue weighted by molar-refractivity contribution is 7.88. The minimum absolute atomic E-state index is 0.100. The Morgan fingerprint density at radius 2 is 1.73 bits per heavy atom. The summed E-state index contributed by atoms with van der Waals surface area (Å²) in [4.78, 5) is 25.7. The third-order valence-electron chi connectivity index (χ3n) is 4.05. The van der Waals surface area contributed by atoms with Crippen molar-refractivity contribution in [3.63, 3.8) is 0 Å². The smallest absolute Gasteiger partial charge is 0.223 e. The van der Waals surface area contributed by atoms with Crippen molar-refractivity contribution in [2.45, 2.75) is 12.8 Å². The molecule has 2 rings (SSSR count). The van der Waals surface area contributed by atoms with Gasteiger partial charge in [0.2, 0.25) is 15.9 Å². The molecule has 1 aliphatic rings. The standard InChI is InChI=1S/C17H20Cl2N2O4S/c1-26(24,25)21-10-8-20(9-11-21)17(23)7-5-14(22)4-2-13-3-6-15(18)16(19)12-13/h2-4,6,12H,5,7-11H2,1H3/b4-2+. The Balaban J connectivity index is 1.79. The molecule has 0 atom stereocenters. The lowest BCUT2D eigenvalue weighted by Crippen LogP contribution is -2.50. The maximum Gasteiger partial charge on any atom is 0.223 e. The van der Waals surface area contributed by atoms with Gasteiger partial charge in [-0.25, -0.2) is 8.42 Å². The molecule has 0 unspecified atom stereocenters. The van der Waals surface area contributed by atoms with Crippen LogP contribution >= 0.6 is 23.2 Å². The van der Waals surface area contributed by atoms with Gasteiger partial charge < -0.3 is 4.90 Å². The zero-order valence-electron chi connectivity index (χ0n) is 14.3. The van der Waals surface area contributed by atoms with Crippen molar-refractivity contribution in [2.75, 3.05) is 32.4 Å². The van der Waals surface area contributed by atoms with E-state index in [9.17, 15) is 18.0 Å². The normalized spacial score (nSPS) is 16.2. The summed E-state index contributed by atoms with van der Waals surface area (Å²) in [5.41, 5.74) is 0.746. The molecule has 0 spiro atoms. The van der Waals surface area contributed by atoms with Gasteiger partial charge in [-0.1, -0.05) is 35.3 Å². The monoisotopic (exact) mass is 418 g/mol. The van der Waals surface area contributed by atoms with E-state index in [2.05, 4.69) is 0 Å². The highest BCUT2D eigenvalue weighted by Gasteiger charge is 2.25. The third-order valence-corrected chi connectivity index (χ3v) is 6.09. The molecule has 0 saturated carbocycles. The average Bonchev–Trinajstić information content (AvgIpc) is 2.60. The molecular weight excluding hydrogens is 399 g/mol. The van der Waals surface area contributed by atoms with E-state index in [0.717, 1.165) is 11.8 Å². The molecule has 9 heteroatoms. The summed E-state index contributed by atoms with van der Waals surface area (Å²) in [5.74, 6) is -0.311. The van der Waals surface area contributed by atoms with Crippen molar-refractivity contribution < 1.29 is 18.0 Å². The van der Waals surface area contributed by atoms with Gasteiger partial charge in [0.05, 0.1) is 16.3 Å². The summed E-state index contributed by atoms with van der Waals surface area (Å²) < 4.78 is 24.3. The largest absolute Gasteiger partial charge is 0.340 e. The maximum absolute atomic E-state index is 12.2. The van der Waals surface area contributed by atoms with Crippen LogP contribution < -0.4 is 0 Å². The van der Waals surface area contributed by atoms with E-state index in [0.29, 0.717) is 23.1 Å². The molecule has 142 valence electrons. The Morgan fingerprint density at radius 1 is 1.08 bits per heavy atom. The first kappa shape index (κ1) is 20.9. The van der Waals surface area contributed by atoms with Crippen molar-refractivity contribution in [1.29, 1.82) is 0 Å². The number of nitrogens with zero attached hydrogens (tertiary/aromatic N) is 2. The number of hydrogen-bond donors (Lipinski definition) is 0. The first-order chi connectivity index (χ1) is 12.2. The van der Waals surface area contributed by atoms with Crippen molar-refractivity contribution in [3.8, 4) is 0 Å². The van der Waals surface area contributed by atoms with Crippen LogP contribution in [0.2, 0.25) is 10.0 Å². The zero-order valence-corrected chi connectivity index (χ0v) is 16.6. The quantitative estimate of drug-likeness (QED) is 0.664. The van der Waals surface area contributed by atoms with Crippen LogP contribution in [-0.2, 0) is 19.6 Å². The van der Waals surface area contributed by atoms with E-state index in [1.807, 2.05) is 0 Å². The number of carbonyl (C=O) groups is 2. The molecule has 1 aromatic rings. The number of piperazine rings is 1. The van der Waals surface area contributed by atoms with Gasteiger partial charge in [0.25, 0.3) is 0 Å². The van der Waals surface area contributed by atoms with Crippen molar-refractivity contribution >= 4 is 51.0 Å². The third kappa shape index (κ3) is 6.09. The van der Waals surface area contributed by atoms with Gasteiger partial charge >= 0.3 is 0 Å². The van der Waals surface area contributed by atoms with Gasteiger partial charge in [-0.05, 0) is 23.8 Å². The molecule has 1 fully saturated rings. The molecule has 0 bridgehead atoms. The van der Waals surface area contributed by atoms with Crippen LogP contribution in [0, 0.1) is 0 Å². The van der Waals surface area contributed by atoms with Crippen molar-refractivity contribution in [1.82, 2.24) is 9.21 Å². The summed E-state index contributed by atoms with van der Waals surface area (Å²) in [6.45, 7) is 1.27. The minimum atomic E-state index is -3.23. The molecule has 0 aromatic heterocycles. The van der Waals surface area contributed by atoms with Crippen LogP contribution in [-0.4, -0.2) is 61.7 Å². The van der Waals surface area contributed by atoms with Gasteiger partial charge in [0.15, 0.2) is 5.78 Å². The summed E-state index contributed by atoms with van der Waals surface area (Å²) in [5, 5.41) is 0.849. The number of hydrogen-bond acceptors (Lipinski definition) is 4. The maximum atomic E-state index is 12.2. The number of halogens is 2. The summed E-state index contributed by atoms with van der Waals surface area (Å²) in [6, 6.07) is 5.04. The minimum Gasteiger partial charge on any atom is -0.340 e. The fourth-order valence-electron chi connectivity index (χ4n) is 2.55. The number of sulfonamides is 1. The van der Waals surface area contributed by atoms with Gasteiger partial charge in [0.1, 0.15) is 0 Å². The van der Waals surface area contributed by atoms with E-state index in [1.165, 1.54) is 10.4 Å². The van der Waals surface area contributed by atoms with Crippen LogP contribution in [0.3, 0.4) is 0 Å². The van der Waals surface area contributed by atoms with Crippen LogP contribution in [0.25, 0.3) is 6.08 Å². The Hall–Kier alpha value is -1.41. The number of rotatable bonds is 6. The fraction of sp³-hybridized carbons (Fsp3) is 0.412. The van der Waals surface area contributed by atoms with Crippen LogP contribution in [0.1, 0.15) is 18.4 Å². The van der Waals surface area contributed by atoms with E-state index in [4.69, 9.17) is 23.2 Å². The lowest BCUT2D eigenvalue weighted by Gasteiger charge is -2.33. The van der Waals surface area contributed by atoms with Gasteiger partial charge in [-0.15, -0.1) is 0 Å². The topological polar surface area (TPSA) is 74.8 Å². The lowest BCUT2D eigenvalue weighted by atomic mass is 10.1. The molecule has 1 amide bonds. The zero-order chi connectivity index (χ0) is 19.3. The molecular formula is C17H20Cl2N2O4S. The second-order valence-corrected chi connectivity index (χ2v) is 8.81. The highest BCUT2D eigenvalue weighted by atomic mass is 35.5. The van der Waals surface area contributed by atoms with Crippen LogP contribution in [0.15, 0.2) is 24.3 Å². The second-order valence-electron chi connectivity index (χ2n) is 6.02. The predicted octanol–water partition coefficient (Wildman–Crippen LogP) is 2.46. The Morgan fingerprint density at radius 3 is 2.31 bits per heavy atom. The van der Waals surface area contributed by atoms with E-state index >= 15 is 0 Å². The molecule has 1 saturated heterocycles. The number of carbonyl (C=O) groups excluding carboxylic acids is 2. The van der Waals surface area contributed by atoms with Crippen LogP contribution in [0.4, 0.5) is 0 Å². The summed E-state index contributed by atoms with van der Waals surface area (Å²) in [7, 11) is -3.23. The van der Waals surface area contributed by atoms with E-state index < -0.39 is 10.0 Å². The van der Waals surface area contributed by atoms with Gasteiger partial charge in [-0.3, -0.25) is 9.59 Å². The highest BCUT2D eigenvalue weighted by Crippen LogP contribution is 2.23. The fourth-order valence-corrected chi connectivity index (χ4v) is 3.68. The van der Waals surface area contributed by atoms with Crippen molar-refractivity contribution in [2.24, 2.45) is 0 Å². The Bertz CT molecular complexity index is 816. The molecule has 1 aromatic carbocycles. The number of amides is 1. The molecule has 1 heterocycles. The molecule has 0 radical (unpaired) electrons. The Kier molecular flexibility index (Phi) is 7.23. The first-order valence-electron chi connectivity index (χ1n) is 8.05. The lowest BCUT2D eigenvalue weighted by molar-refractivity contribution is -0.133. The first-order valence-corrected chi connectivity index (χ1v) is 10.7. The molecule has 0 aliphatic carbocycles. The summed E-state index contributed by atoms with van der Waals surface area (Å²) in [6.07, 6.45) is 4.39. The molecule has 0 N–H and O–H groups in total. The van der Waals surface area contributed by atoms with Crippen molar-refractivity contribution in [3.05, 3.63) is 39.9 Å². The Labute approximate surface area is 163 Å². The van der Waals surface area contributed by atoms with Crippen LogP contribution in [0.5, 0.6) is 0 Å². The van der Waals surface area contributed by atoms with E-state index in [-0.39, 0.29) is 37.6 Å². The molecule has 1 aliphatic heterocycles. The molecule has 26 heavy (non-hydrogen) atoms. The molecule has 6 nitrogen and oxygen atoms in total.